The quantitative estimate of drug-likeness (QED) is 0.785. The number of benzene rings is 2. The third-order valence-corrected chi connectivity index (χ3v) is 5.31. The highest BCUT2D eigenvalue weighted by Crippen LogP contribution is 2.35. The standard InChI is InChI=1S/C23H27NO6/c1-15(25)24-19-21(26-2)20-18(14-28-22(30-20)17-11-7-4-8-12-17)29-23(19)27-13-16-9-5-3-6-10-16/h3-12,18-23H,13-14H2,1-2H3,(H,24,25)/t18-,19-,20-,21-,22+,23+/m1/s1. The molecule has 7 heteroatoms. The lowest BCUT2D eigenvalue weighted by Gasteiger charge is -2.48. The second-order valence-corrected chi connectivity index (χ2v) is 7.44. The summed E-state index contributed by atoms with van der Waals surface area (Å²) in [5.74, 6) is -0.191. The summed E-state index contributed by atoms with van der Waals surface area (Å²) < 4.78 is 30.1. The molecule has 2 aliphatic rings. The maximum absolute atomic E-state index is 11.9. The van der Waals surface area contributed by atoms with Crippen LogP contribution < -0.4 is 5.32 Å². The Morgan fingerprint density at radius 2 is 1.77 bits per heavy atom. The molecule has 160 valence electrons. The number of methoxy groups -OCH3 is 1. The van der Waals surface area contributed by atoms with E-state index in [4.69, 9.17) is 23.7 Å². The first-order valence-corrected chi connectivity index (χ1v) is 10.1. The number of fused-ring (bicyclic) bond motifs is 1. The van der Waals surface area contributed by atoms with Gasteiger partial charge in [-0.1, -0.05) is 60.7 Å². The van der Waals surface area contributed by atoms with Gasteiger partial charge in [0.2, 0.25) is 5.91 Å². The van der Waals surface area contributed by atoms with Gasteiger partial charge in [0.15, 0.2) is 12.6 Å². The van der Waals surface area contributed by atoms with E-state index in [1.165, 1.54) is 6.92 Å². The fraction of sp³-hybridized carbons (Fsp3) is 0.435. The second kappa shape index (κ2) is 9.68. The van der Waals surface area contributed by atoms with Crippen molar-refractivity contribution in [2.24, 2.45) is 0 Å². The molecule has 0 radical (unpaired) electrons. The summed E-state index contributed by atoms with van der Waals surface area (Å²) >= 11 is 0. The van der Waals surface area contributed by atoms with E-state index in [9.17, 15) is 4.79 Å². The monoisotopic (exact) mass is 413 g/mol. The van der Waals surface area contributed by atoms with E-state index in [2.05, 4.69) is 5.32 Å². The zero-order chi connectivity index (χ0) is 20.9. The predicted octanol–water partition coefficient (Wildman–Crippen LogP) is 2.56. The van der Waals surface area contributed by atoms with Crippen molar-refractivity contribution >= 4 is 5.91 Å². The van der Waals surface area contributed by atoms with Gasteiger partial charge in [-0.05, 0) is 5.56 Å². The van der Waals surface area contributed by atoms with Crippen LogP contribution in [-0.2, 0) is 35.1 Å². The molecule has 0 bridgehead atoms. The van der Waals surface area contributed by atoms with Crippen molar-refractivity contribution in [3.63, 3.8) is 0 Å². The van der Waals surface area contributed by atoms with Gasteiger partial charge in [0.25, 0.3) is 0 Å². The molecule has 1 amide bonds. The van der Waals surface area contributed by atoms with Crippen LogP contribution in [0.2, 0.25) is 0 Å². The van der Waals surface area contributed by atoms with Crippen molar-refractivity contribution < 1.29 is 28.5 Å². The van der Waals surface area contributed by atoms with Gasteiger partial charge in [-0.25, -0.2) is 0 Å². The van der Waals surface area contributed by atoms with E-state index in [0.29, 0.717) is 13.2 Å². The molecule has 7 nitrogen and oxygen atoms in total. The molecule has 6 atom stereocenters. The Bertz CT molecular complexity index is 817. The molecule has 0 aliphatic carbocycles. The first-order valence-electron chi connectivity index (χ1n) is 10.1. The van der Waals surface area contributed by atoms with Crippen LogP contribution in [0.4, 0.5) is 0 Å². The topological polar surface area (TPSA) is 75.3 Å². The third kappa shape index (κ3) is 4.71. The molecule has 0 saturated carbocycles. The van der Waals surface area contributed by atoms with Crippen molar-refractivity contribution in [2.45, 2.75) is 50.5 Å². The maximum Gasteiger partial charge on any atom is 0.217 e. The smallest absolute Gasteiger partial charge is 0.217 e. The second-order valence-electron chi connectivity index (χ2n) is 7.44. The fourth-order valence-corrected chi connectivity index (χ4v) is 3.91. The van der Waals surface area contributed by atoms with E-state index < -0.39 is 30.8 Å². The van der Waals surface area contributed by atoms with Gasteiger partial charge >= 0.3 is 0 Å². The Hall–Kier alpha value is -2.29. The Balaban J connectivity index is 1.51. The van der Waals surface area contributed by atoms with Crippen molar-refractivity contribution in [3.05, 3.63) is 71.8 Å². The van der Waals surface area contributed by atoms with Crippen LogP contribution in [0.1, 0.15) is 24.3 Å². The molecule has 1 N–H and O–H groups in total. The largest absolute Gasteiger partial charge is 0.376 e. The third-order valence-electron chi connectivity index (χ3n) is 5.31. The summed E-state index contributed by atoms with van der Waals surface area (Å²) in [6.07, 6.45) is -2.46. The number of amides is 1. The number of hydrogen-bond acceptors (Lipinski definition) is 6. The van der Waals surface area contributed by atoms with Gasteiger partial charge in [0.05, 0.1) is 13.2 Å². The van der Waals surface area contributed by atoms with Crippen LogP contribution in [0.3, 0.4) is 0 Å². The molecule has 2 aromatic rings. The summed E-state index contributed by atoms with van der Waals surface area (Å²) in [4.78, 5) is 11.9. The van der Waals surface area contributed by atoms with Gasteiger partial charge in [-0.2, -0.15) is 0 Å². The fourth-order valence-electron chi connectivity index (χ4n) is 3.91. The van der Waals surface area contributed by atoms with Crippen molar-refractivity contribution in [1.29, 1.82) is 0 Å². The van der Waals surface area contributed by atoms with Crippen LogP contribution in [-0.4, -0.2) is 50.3 Å². The Kier molecular flexibility index (Phi) is 6.76. The van der Waals surface area contributed by atoms with E-state index >= 15 is 0 Å². The predicted molar refractivity (Wildman–Crippen MR) is 108 cm³/mol. The number of nitrogens with one attached hydrogen (secondary N) is 1. The first-order chi connectivity index (χ1) is 14.7. The van der Waals surface area contributed by atoms with Crippen LogP contribution in [0, 0.1) is 0 Å². The zero-order valence-corrected chi connectivity index (χ0v) is 17.1. The van der Waals surface area contributed by atoms with E-state index in [0.717, 1.165) is 11.1 Å². The molecule has 30 heavy (non-hydrogen) atoms. The van der Waals surface area contributed by atoms with Crippen LogP contribution in [0.15, 0.2) is 60.7 Å². The van der Waals surface area contributed by atoms with Crippen molar-refractivity contribution in [1.82, 2.24) is 5.32 Å². The van der Waals surface area contributed by atoms with E-state index in [1.54, 1.807) is 7.11 Å². The molecule has 0 unspecified atom stereocenters. The lowest BCUT2D eigenvalue weighted by molar-refractivity contribution is -0.347. The van der Waals surface area contributed by atoms with Gasteiger partial charge < -0.3 is 29.0 Å². The zero-order valence-electron chi connectivity index (χ0n) is 17.1. The number of hydrogen-bond donors (Lipinski definition) is 1. The summed E-state index contributed by atoms with van der Waals surface area (Å²) in [5, 5.41) is 2.92. The molecular weight excluding hydrogens is 386 g/mol. The Morgan fingerprint density at radius 1 is 1.07 bits per heavy atom. The van der Waals surface area contributed by atoms with Crippen molar-refractivity contribution in [2.75, 3.05) is 13.7 Å². The molecule has 2 fully saturated rings. The number of ether oxygens (including phenoxy) is 5. The van der Waals surface area contributed by atoms with Gasteiger partial charge in [0, 0.05) is 19.6 Å². The van der Waals surface area contributed by atoms with Crippen LogP contribution >= 0.6 is 0 Å². The van der Waals surface area contributed by atoms with E-state index in [1.807, 2.05) is 60.7 Å². The normalized spacial score (nSPS) is 31.0. The SMILES string of the molecule is CO[C@@H]1[C@@H](NC(C)=O)[C@@H](OCc2ccccc2)O[C@@H]2CO[C@H](c3ccccc3)O[C@@H]12. The molecular formula is C23H27NO6. The highest BCUT2D eigenvalue weighted by molar-refractivity contribution is 5.73. The minimum absolute atomic E-state index is 0.191. The Morgan fingerprint density at radius 3 is 2.43 bits per heavy atom. The highest BCUT2D eigenvalue weighted by atomic mass is 16.7. The van der Waals surface area contributed by atoms with Crippen LogP contribution in [0.5, 0.6) is 0 Å². The minimum atomic E-state index is -0.694. The summed E-state index contributed by atoms with van der Waals surface area (Å²) in [6.45, 7) is 2.15. The summed E-state index contributed by atoms with van der Waals surface area (Å²) in [6, 6.07) is 19.0. The van der Waals surface area contributed by atoms with Gasteiger partial charge in [0.1, 0.15) is 24.4 Å². The minimum Gasteiger partial charge on any atom is -0.376 e. The highest BCUT2D eigenvalue weighted by Gasteiger charge is 2.51. The van der Waals surface area contributed by atoms with E-state index in [-0.39, 0.29) is 12.0 Å². The Labute approximate surface area is 176 Å². The summed E-state index contributed by atoms with van der Waals surface area (Å²) in [7, 11) is 1.60. The molecule has 0 aromatic heterocycles. The molecule has 2 heterocycles. The molecule has 2 saturated heterocycles. The number of rotatable bonds is 6. The average Bonchev–Trinajstić information content (AvgIpc) is 2.78. The van der Waals surface area contributed by atoms with Gasteiger partial charge in [-0.15, -0.1) is 0 Å². The first kappa shape index (κ1) is 21.0. The lowest BCUT2D eigenvalue weighted by Crippen LogP contribution is -2.67. The number of carbonyl (C=O) groups excluding carboxylic acids is 1. The van der Waals surface area contributed by atoms with Gasteiger partial charge in [-0.3, -0.25) is 4.79 Å². The molecule has 0 spiro atoms. The van der Waals surface area contributed by atoms with Crippen LogP contribution in [0.25, 0.3) is 0 Å². The molecule has 4 rings (SSSR count). The molecule has 2 aromatic carbocycles. The average molecular weight is 413 g/mol. The number of carbonyl (C=O) groups is 1. The molecule has 2 aliphatic heterocycles. The lowest BCUT2D eigenvalue weighted by atomic mass is 9.95. The maximum atomic E-state index is 11.9. The summed E-state index contributed by atoms with van der Waals surface area (Å²) in [5.41, 5.74) is 1.93. The van der Waals surface area contributed by atoms with Crippen molar-refractivity contribution in [3.8, 4) is 0 Å².